The third-order valence-electron chi connectivity index (χ3n) is 4.94. The van der Waals surface area contributed by atoms with Crippen molar-refractivity contribution >= 4 is 35.5 Å². The predicted octanol–water partition coefficient (Wildman–Crippen LogP) is -2.35. The number of carbonyl (C=O) groups is 6. The summed E-state index contributed by atoms with van der Waals surface area (Å²) in [7, 11) is 0. The van der Waals surface area contributed by atoms with Crippen molar-refractivity contribution in [1.82, 2.24) is 16.0 Å². The molecule has 1 aromatic carbocycles. The molecule has 10 N–H and O–H groups in total. The number of primary amides is 2. The van der Waals surface area contributed by atoms with Crippen molar-refractivity contribution in [3.8, 4) is 0 Å². The Kier molecular flexibility index (Phi) is 11.9. The SMILES string of the molecule is CC(N)C(=O)NC(CCC(N)=O)C(=O)NC(Cc1ccccc1)C(=O)NC(CCC(N)=O)C(=O)O. The quantitative estimate of drug-likeness (QED) is 0.139. The van der Waals surface area contributed by atoms with E-state index in [1.807, 2.05) is 0 Å². The summed E-state index contributed by atoms with van der Waals surface area (Å²) in [5, 5.41) is 16.6. The molecule has 13 heteroatoms. The van der Waals surface area contributed by atoms with Gasteiger partial charge >= 0.3 is 5.97 Å². The van der Waals surface area contributed by atoms with Crippen LogP contribution in [-0.4, -0.2) is 64.8 Å². The molecule has 4 unspecified atom stereocenters. The number of hydrogen-bond acceptors (Lipinski definition) is 7. The average molecular weight is 493 g/mol. The van der Waals surface area contributed by atoms with E-state index in [1.54, 1.807) is 30.3 Å². The van der Waals surface area contributed by atoms with E-state index < -0.39 is 59.7 Å². The molecule has 0 heterocycles. The molecule has 0 radical (unpaired) electrons. The topological polar surface area (TPSA) is 237 Å². The highest BCUT2D eigenvalue weighted by Crippen LogP contribution is 2.07. The van der Waals surface area contributed by atoms with E-state index in [0.29, 0.717) is 5.56 Å². The lowest BCUT2D eigenvalue weighted by Gasteiger charge is -2.25. The van der Waals surface area contributed by atoms with Crippen LogP contribution in [0.5, 0.6) is 0 Å². The largest absolute Gasteiger partial charge is 0.480 e. The van der Waals surface area contributed by atoms with Gasteiger partial charge in [0.05, 0.1) is 6.04 Å². The third-order valence-corrected chi connectivity index (χ3v) is 4.94. The average Bonchev–Trinajstić information content (AvgIpc) is 2.78. The molecular weight excluding hydrogens is 460 g/mol. The van der Waals surface area contributed by atoms with Crippen molar-refractivity contribution in [3.05, 3.63) is 35.9 Å². The zero-order chi connectivity index (χ0) is 26.5. The Morgan fingerprint density at radius 1 is 0.771 bits per heavy atom. The zero-order valence-electron chi connectivity index (χ0n) is 19.4. The molecule has 0 saturated heterocycles. The smallest absolute Gasteiger partial charge is 0.326 e. The van der Waals surface area contributed by atoms with Gasteiger partial charge in [-0.25, -0.2) is 4.79 Å². The van der Waals surface area contributed by atoms with Crippen LogP contribution in [0, 0.1) is 0 Å². The summed E-state index contributed by atoms with van der Waals surface area (Å²) < 4.78 is 0. The molecule has 4 atom stereocenters. The molecule has 0 fully saturated rings. The van der Waals surface area contributed by atoms with E-state index in [1.165, 1.54) is 6.92 Å². The van der Waals surface area contributed by atoms with Crippen molar-refractivity contribution in [2.24, 2.45) is 17.2 Å². The fraction of sp³-hybridized carbons (Fsp3) is 0.455. The number of benzene rings is 1. The first-order valence-corrected chi connectivity index (χ1v) is 10.9. The molecular formula is C22H32N6O7. The van der Waals surface area contributed by atoms with Crippen LogP contribution in [0.4, 0.5) is 0 Å². The summed E-state index contributed by atoms with van der Waals surface area (Å²) in [5.41, 5.74) is 16.4. The number of hydrogen-bond donors (Lipinski definition) is 7. The molecule has 5 amide bonds. The van der Waals surface area contributed by atoms with Crippen LogP contribution in [0.1, 0.15) is 38.2 Å². The molecule has 0 spiro atoms. The van der Waals surface area contributed by atoms with E-state index in [-0.39, 0.29) is 32.1 Å². The Morgan fingerprint density at radius 3 is 1.71 bits per heavy atom. The van der Waals surface area contributed by atoms with E-state index in [2.05, 4.69) is 16.0 Å². The lowest BCUT2D eigenvalue weighted by Crippen LogP contribution is -2.57. The van der Waals surface area contributed by atoms with Crippen LogP contribution in [-0.2, 0) is 35.2 Å². The highest BCUT2D eigenvalue weighted by molar-refractivity contribution is 5.94. The zero-order valence-corrected chi connectivity index (χ0v) is 19.4. The maximum atomic E-state index is 13.0. The van der Waals surface area contributed by atoms with E-state index in [0.717, 1.165) is 0 Å². The second kappa shape index (κ2) is 14.3. The number of carboxylic acids is 1. The minimum absolute atomic E-state index is 0.00957. The first-order chi connectivity index (χ1) is 16.4. The van der Waals surface area contributed by atoms with Gasteiger partial charge in [0, 0.05) is 19.3 Å². The Balaban J connectivity index is 3.11. The molecule has 0 aliphatic heterocycles. The molecule has 192 valence electrons. The van der Waals surface area contributed by atoms with Crippen LogP contribution in [0.2, 0.25) is 0 Å². The third kappa shape index (κ3) is 11.1. The van der Waals surface area contributed by atoms with Crippen molar-refractivity contribution in [2.45, 2.75) is 63.2 Å². The standard InChI is InChI=1S/C22H32N6O7/c1-12(23)19(31)26-14(7-9-17(24)29)20(32)28-16(11-13-5-3-2-4-6-13)21(33)27-15(22(34)35)8-10-18(25)30/h2-6,12,14-16H,7-11,23H2,1H3,(H2,24,29)(H2,25,30)(H,26,31)(H,27,33)(H,28,32)(H,34,35). The van der Waals surface area contributed by atoms with Crippen LogP contribution in [0.25, 0.3) is 0 Å². The van der Waals surface area contributed by atoms with Gasteiger partial charge in [-0.05, 0) is 25.3 Å². The van der Waals surface area contributed by atoms with E-state index in [4.69, 9.17) is 17.2 Å². The summed E-state index contributed by atoms with van der Waals surface area (Å²) in [6, 6.07) is 3.77. The molecule has 35 heavy (non-hydrogen) atoms. The minimum Gasteiger partial charge on any atom is -0.480 e. The van der Waals surface area contributed by atoms with E-state index >= 15 is 0 Å². The maximum absolute atomic E-state index is 13.0. The highest BCUT2D eigenvalue weighted by atomic mass is 16.4. The van der Waals surface area contributed by atoms with Crippen molar-refractivity contribution in [3.63, 3.8) is 0 Å². The summed E-state index contributed by atoms with van der Waals surface area (Å²) >= 11 is 0. The molecule has 0 bridgehead atoms. The van der Waals surface area contributed by atoms with Gasteiger partial charge in [0.1, 0.15) is 18.1 Å². The summed E-state index contributed by atoms with van der Waals surface area (Å²) in [6.07, 6.45) is -0.888. The van der Waals surface area contributed by atoms with Gasteiger partial charge in [-0.2, -0.15) is 0 Å². The number of nitrogens with one attached hydrogen (secondary N) is 3. The monoisotopic (exact) mass is 492 g/mol. The lowest BCUT2D eigenvalue weighted by atomic mass is 10.0. The maximum Gasteiger partial charge on any atom is 0.326 e. The number of aliphatic carboxylic acids is 1. The molecule has 13 nitrogen and oxygen atoms in total. The van der Waals surface area contributed by atoms with Gasteiger partial charge in [-0.1, -0.05) is 30.3 Å². The summed E-state index contributed by atoms with van der Waals surface area (Å²) in [6.45, 7) is 1.40. The first-order valence-electron chi connectivity index (χ1n) is 10.9. The normalized spacial score (nSPS) is 14.0. The molecule has 1 aromatic rings. The Morgan fingerprint density at radius 2 is 1.23 bits per heavy atom. The number of nitrogens with two attached hydrogens (primary N) is 3. The van der Waals surface area contributed by atoms with Crippen molar-refractivity contribution < 1.29 is 33.9 Å². The molecule has 0 aliphatic rings. The van der Waals surface area contributed by atoms with E-state index in [9.17, 15) is 33.9 Å². The van der Waals surface area contributed by atoms with Gasteiger partial charge in [0.25, 0.3) is 0 Å². The van der Waals surface area contributed by atoms with Gasteiger partial charge in [-0.3, -0.25) is 24.0 Å². The van der Waals surface area contributed by atoms with Gasteiger partial charge < -0.3 is 38.3 Å². The molecule has 0 aromatic heterocycles. The van der Waals surface area contributed by atoms with Gasteiger partial charge in [0.15, 0.2) is 0 Å². The molecule has 0 saturated carbocycles. The predicted molar refractivity (Wildman–Crippen MR) is 124 cm³/mol. The van der Waals surface area contributed by atoms with Crippen LogP contribution in [0.15, 0.2) is 30.3 Å². The van der Waals surface area contributed by atoms with Gasteiger partial charge in [-0.15, -0.1) is 0 Å². The number of carboxylic acid groups (broad SMARTS) is 1. The van der Waals surface area contributed by atoms with Crippen LogP contribution < -0.4 is 33.2 Å². The minimum atomic E-state index is -1.42. The first kappa shape index (κ1) is 29.0. The summed E-state index contributed by atoms with van der Waals surface area (Å²) in [5.74, 6) is -5.09. The second-order valence-electron chi connectivity index (χ2n) is 8.01. The second-order valence-corrected chi connectivity index (χ2v) is 8.01. The van der Waals surface area contributed by atoms with Gasteiger partial charge in [0.2, 0.25) is 29.5 Å². The molecule has 1 rings (SSSR count). The van der Waals surface area contributed by atoms with Crippen LogP contribution in [0.3, 0.4) is 0 Å². The number of rotatable bonds is 15. The summed E-state index contributed by atoms with van der Waals surface area (Å²) in [4.78, 5) is 71.8. The van der Waals surface area contributed by atoms with Crippen molar-refractivity contribution in [1.29, 1.82) is 0 Å². The Labute approximate surface area is 202 Å². The highest BCUT2D eigenvalue weighted by Gasteiger charge is 2.30. The van der Waals surface area contributed by atoms with Crippen molar-refractivity contribution in [2.75, 3.05) is 0 Å². The Bertz CT molecular complexity index is 922. The fourth-order valence-corrected chi connectivity index (χ4v) is 3.01. The number of carbonyl (C=O) groups excluding carboxylic acids is 5. The molecule has 0 aliphatic carbocycles. The Hall–Kier alpha value is -4.00. The number of amides is 5. The fourth-order valence-electron chi connectivity index (χ4n) is 3.01. The lowest BCUT2D eigenvalue weighted by molar-refractivity contribution is -0.142. The van der Waals surface area contributed by atoms with Crippen LogP contribution >= 0.6 is 0 Å².